The van der Waals surface area contributed by atoms with Crippen molar-refractivity contribution in [3.63, 3.8) is 0 Å². The molecule has 2 rings (SSSR count). The van der Waals surface area contributed by atoms with E-state index in [0.29, 0.717) is 6.04 Å². The van der Waals surface area contributed by atoms with E-state index in [0.717, 1.165) is 26.2 Å². The van der Waals surface area contributed by atoms with Crippen LogP contribution in [-0.4, -0.2) is 43.7 Å². The zero-order chi connectivity index (χ0) is 10.2. The molecule has 0 aromatic carbocycles. The van der Waals surface area contributed by atoms with Gasteiger partial charge in [-0.3, -0.25) is 0 Å². The van der Waals surface area contributed by atoms with Crippen LogP contribution in [0.15, 0.2) is 0 Å². The molecule has 0 radical (unpaired) electrons. The lowest BCUT2D eigenvalue weighted by molar-refractivity contribution is -0.116. The fourth-order valence-electron chi connectivity index (χ4n) is 2.34. The second-order valence-electron chi connectivity index (χ2n) is 4.59. The van der Waals surface area contributed by atoms with E-state index in [1.54, 1.807) is 0 Å². The van der Waals surface area contributed by atoms with Crippen LogP contribution in [-0.2, 0) is 4.74 Å². The fraction of sp³-hybridized carbons (Fsp3) is 1.00. The van der Waals surface area contributed by atoms with Gasteiger partial charge in [0, 0.05) is 32.0 Å². The predicted octanol–water partition coefficient (Wildman–Crippen LogP) is 1.75. The highest BCUT2D eigenvalue weighted by atomic mass is 19.3. The summed E-state index contributed by atoms with van der Waals surface area (Å²) in [7, 11) is 2.01. The first kappa shape index (κ1) is 10.3. The van der Waals surface area contributed by atoms with Crippen molar-refractivity contribution >= 4 is 0 Å². The number of nitrogens with zero attached hydrogens (tertiary/aromatic N) is 1. The van der Waals surface area contributed by atoms with Crippen molar-refractivity contribution < 1.29 is 13.5 Å². The van der Waals surface area contributed by atoms with Crippen molar-refractivity contribution in [2.75, 3.05) is 26.8 Å². The van der Waals surface area contributed by atoms with Gasteiger partial charge in [-0.2, -0.15) is 0 Å². The Morgan fingerprint density at radius 1 is 1.43 bits per heavy atom. The van der Waals surface area contributed by atoms with Crippen LogP contribution < -0.4 is 0 Å². The zero-order valence-electron chi connectivity index (χ0n) is 8.51. The summed E-state index contributed by atoms with van der Waals surface area (Å²) in [6.07, 6.45) is 1.19. The van der Waals surface area contributed by atoms with E-state index >= 15 is 0 Å². The zero-order valence-corrected chi connectivity index (χ0v) is 8.51. The van der Waals surface area contributed by atoms with Gasteiger partial charge in [-0.05, 0) is 19.4 Å². The maximum atomic E-state index is 12.6. The van der Waals surface area contributed by atoms with Crippen LogP contribution in [0.3, 0.4) is 0 Å². The molecule has 1 aliphatic carbocycles. The van der Waals surface area contributed by atoms with E-state index in [4.69, 9.17) is 4.74 Å². The first-order valence-corrected chi connectivity index (χ1v) is 5.23. The maximum Gasteiger partial charge on any atom is 0.248 e. The van der Waals surface area contributed by atoms with Crippen molar-refractivity contribution in [3.05, 3.63) is 0 Å². The lowest BCUT2D eigenvalue weighted by atomic mass is 9.81. The summed E-state index contributed by atoms with van der Waals surface area (Å²) in [6, 6.07) is 0.448. The van der Waals surface area contributed by atoms with Crippen LogP contribution >= 0.6 is 0 Å². The molecule has 1 saturated heterocycles. The van der Waals surface area contributed by atoms with Crippen molar-refractivity contribution in [2.45, 2.75) is 31.2 Å². The molecule has 2 aliphatic rings. The maximum absolute atomic E-state index is 12.6. The summed E-state index contributed by atoms with van der Waals surface area (Å²) >= 11 is 0. The van der Waals surface area contributed by atoms with Gasteiger partial charge in [0.05, 0.1) is 6.61 Å². The second kappa shape index (κ2) is 3.74. The van der Waals surface area contributed by atoms with E-state index in [2.05, 4.69) is 4.90 Å². The Morgan fingerprint density at radius 2 is 2.14 bits per heavy atom. The number of alkyl halides is 2. The highest BCUT2D eigenvalue weighted by Gasteiger charge is 2.45. The molecule has 0 aromatic rings. The van der Waals surface area contributed by atoms with Crippen LogP contribution in [0, 0.1) is 5.92 Å². The Kier molecular flexibility index (Phi) is 2.75. The average molecular weight is 205 g/mol. The number of hydrogen-bond acceptors (Lipinski definition) is 2. The fourth-order valence-corrected chi connectivity index (χ4v) is 2.34. The Labute approximate surface area is 83.2 Å². The van der Waals surface area contributed by atoms with Crippen LogP contribution in [0.5, 0.6) is 0 Å². The Bertz CT molecular complexity index is 196. The minimum Gasteiger partial charge on any atom is -0.380 e. The number of likely N-dealkylation sites (N-methyl/N-ethyl adjacent to an activating group) is 1. The highest BCUT2D eigenvalue weighted by molar-refractivity contribution is 4.88. The summed E-state index contributed by atoms with van der Waals surface area (Å²) in [6.45, 7) is 2.37. The smallest absolute Gasteiger partial charge is 0.248 e. The Hall–Kier alpha value is -0.220. The molecule has 0 unspecified atom stereocenters. The molecule has 0 bridgehead atoms. The number of rotatable bonds is 3. The van der Waals surface area contributed by atoms with E-state index in [1.807, 2.05) is 7.05 Å². The topological polar surface area (TPSA) is 12.5 Å². The monoisotopic (exact) mass is 205 g/mol. The van der Waals surface area contributed by atoms with E-state index in [-0.39, 0.29) is 18.8 Å². The quantitative estimate of drug-likeness (QED) is 0.696. The van der Waals surface area contributed by atoms with E-state index in [9.17, 15) is 8.78 Å². The van der Waals surface area contributed by atoms with Gasteiger partial charge in [0.1, 0.15) is 0 Å². The van der Waals surface area contributed by atoms with Gasteiger partial charge < -0.3 is 9.64 Å². The second-order valence-corrected chi connectivity index (χ2v) is 4.59. The van der Waals surface area contributed by atoms with Crippen molar-refractivity contribution in [2.24, 2.45) is 5.92 Å². The highest BCUT2D eigenvalue weighted by Crippen LogP contribution is 2.42. The number of ether oxygens (including phenoxy) is 1. The standard InChI is InChI=1S/C10H17F2NO/c1-13(9-2-3-14-7-9)6-8-4-10(11,12)5-8/h8-9H,2-7H2,1H3/t9-/m0/s1. The molecule has 0 amide bonds. The number of hydrogen-bond donors (Lipinski definition) is 0. The summed E-state index contributed by atoms with van der Waals surface area (Å²) < 4.78 is 30.4. The average Bonchev–Trinajstić information content (AvgIpc) is 2.51. The minimum absolute atomic E-state index is 0.0743. The molecule has 2 nitrogen and oxygen atoms in total. The predicted molar refractivity (Wildman–Crippen MR) is 49.5 cm³/mol. The van der Waals surface area contributed by atoms with Crippen LogP contribution in [0.4, 0.5) is 8.78 Å². The molecule has 82 valence electrons. The van der Waals surface area contributed by atoms with Crippen molar-refractivity contribution in [3.8, 4) is 0 Å². The van der Waals surface area contributed by atoms with Gasteiger partial charge in [0.25, 0.3) is 0 Å². The molecule has 0 N–H and O–H groups in total. The third-order valence-corrected chi connectivity index (χ3v) is 3.25. The van der Waals surface area contributed by atoms with Crippen LogP contribution in [0.25, 0.3) is 0 Å². The molecule has 1 atom stereocenters. The van der Waals surface area contributed by atoms with Crippen LogP contribution in [0.2, 0.25) is 0 Å². The van der Waals surface area contributed by atoms with Gasteiger partial charge in [-0.25, -0.2) is 8.78 Å². The van der Waals surface area contributed by atoms with Gasteiger partial charge in [-0.1, -0.05) is 0 Å². The van der Waals surface area contributed by atoms with Gasteiger partial charge in [-0.15, -0.1) is 0 Å². The summed E-state index contributed by atoms with van der Waals surface area (Å²) in [5.41, 5.74) is 0. The molecule has 14 heavy (non-hydrogen) atoms. The normalized spacial score (nSPS) is 32.1. The van der Waals surface area contributed by atoms with Crippen molar-refractivity contribution in [1.29, 1.82) is 0 Å². The molecule has 0 spiro atoms. The molecule has 4 heteroatoms. The molecule has 1 aliphatic heterocycles. The lowest BCUT2D eigenvalue weighted by Gasteiger charge is -2.38. The molecular formula is C10H17F2NO. The third kappa shape index (κ3) is 2.23. The molecule has 1 heterocycles. The first-order valence-electron chi connectivity index (χ1n) is 5.23. The van der Waals surface area contributed by atoms with Crippen molar-refractivity contribution in [1.82, 2.24) is 4.90 Å². The molecule has 0 aromatic heterocycles. The summed E-state index contributed by atoms with van der Waals surface area (Å²) in [4.78, 5) is 2.17. The summed E-state index contributed by atoms with van der Waals surface area (Å²) in [5.74, 6) is -2.19. The third-order valence-electron chi connectivity index (χ3n) is 3.25. The lowest BCUT2D eigenvalue weighted by Crippen LogP contribution is -2.44. The summed E-state index contributed by atoms with van der Waals surface area (Å²) in [5, 5.41) is 0. The SMILES string of the molecule is CN(CC1CC(F)(F)C1)[C@H]1CCOC1. The molecular weight excluding hydrogens is 188 g/mol. The van der Waals surface area contributed by atoms with Gasteiger partial charge >= 0.3 is 0 Å². The van der Waals surface area contributed by atoms with Crippen LogP contribution in [0.1, 0.15) is 19.3 Å². The Morgan fingerprint density at radius 3 is 2.64 bits per heavy atom. The van der Waals surface area contributed by atoms with E-state index < -0.39 is 5.92 Å². The minimum atomic E-state index is -2.38. The Balaban J connectivity index is 1.70. The molecule has 1 saturated carbocycles. The van der Waals surface area contributed by atoms with Gasteiger partial charge in [0.2, 0.25) is 5.92 Å². The number of halogens is 2. The molecule has 2 fully saturated rings. The van der Waals surface area contributed by atoms with E-state index in [1.165, 1.54) is 0 Å². The first-order chi connectivity index (χ1) is 6.57. The largest absolute Gasteiger partial charge is 0.380 e. The van der Waals surface area contributed by atoms with Gasteiger partial charge in [0.15, 0.2) is 0 Å².